The Balaban J connectivity index is 1.31. The number of aromatic nitrogens is 2. The molecule has 0 spiro atoms. The van der Waals surface area contributed by atoms with Gasteiger partial charge in [0, 0.05) is 61.8 Å². The van der Waals surface area contributed by atoms with Gasteiger partial charge >= 0.3 is 0 Å². The number of fused-ring (bicyclic) bond motifs is 8. The van der Waals surface area contributed by atoms with Crippen LogP contribution in [0, 0.1) is 19.7 Å². The van der Waals surface area contributed by atoms with E-state index in [-0.39, 0.29) is 49.6 Å². The monoisotopic (exact) mass is 655 g/mol. The molecule has 3 heterocycles. The van der Waals surface area contributed by atoms with E-state index in [0.717, 1.165) is 22.5 Å². The predicted octanol–water partition coefficient (Wildman–Crippen LogP) is 4.26. The number of amides is 3. The molecule has 2 aliphatic rings. The Bertz CT molecular complexity index is 1840. The van der Waals surface area contributed by atoms with E-state index < -0.39 is 18.0 Å². The molecule has 11 nitrogen and oxygen atoms in total. The van der Waals surface area contributed by atoms with Crippen molar-refractivity contribution >= 4 is 17.7 Å². The second-order valence-corrected chi connectivity index (χ2v) is 12.1. The maximum absolute atomic E-state index is 14.7. The number of nitrogens with one attached hydrogen (secondary N) is 3. The van der Waals surface area contributed by atoms with Crippen LogP contribution in [0.4, 0.5) is 4.39 Å². The molecule has 0 saturated carbocycles. The molecule has 2 aliphatic heterocycles. The van der Waals surface area contributed by atoms with E-state index in [1.165, 1.54) is 12.1 Å². The SMILES string of the molecule is COc1ccc2cc1-c1cccc(c1)OCC(=O)NCc1cc(F)cc(c1)O[C@@H]1CCN(C(=O)CCc3n[nH]c(C)c3C)C[C@H]1NC2=O. The standard InChI is InChI=1S/C36H38FN5O6/c1-21-22(2)40-41-30(21)8-10-35(44)42-12-11-33-31(19-42)39-36(45)25-7-9-32(46-3)29(16-25)24-5-4-6-27(15-24)47-20-34(43)38-18-23-13-26(37)17-28(14-23)48-33/h4-7,9,13-17,31,33H,8,10-12,18-20H2,1-3H3,(H,38,43)(H,39,45)(H,40,41)/t31-,33-/m1/s1. The zero-order valence-electron chi connectivity index (χ0n) is 27.1. The first-order chi connectivity index (χ1) is 23.2. The topological polar surface area (TPSA) is 135 Å². The minimum atomic E-state index is -0.611. The summed E-state index contributed by atoms with van der Waals surface area (Å²) in [5.74, 6) is -0.0828. The Kier molecular flexibility index (Phi) is 9.60. The van der Waals surface area contributed by atoms with Gasteiger partial charge in [0.05, 0.1) is 18.8 Å². The number of aryl methyl sites for hydroxylation is 2. The second-order valence-electron chi connectivity index (χ2n) is 12.1. The van der Waals surface area contributed by atoms with Gasteiger partial charge in [-0.3, -0.25) is 19.5 Å². The molecule has 2 atom stereocenters. The lowest BCUT2D eigenvalue weighted by Crippen LogP contribution is -2.58. The molecule has 6 bridgehead atoms. The first-order valence-corrected chi connectivity index (χ1v) is 15.9. The van der Waals surface area contributed by atoms with Crippen LogP contribution in [0.2, 0.25) is 0 Å². The van der Waals surface area contributed by atoms with Gasteiger partial charge in [0.1, 0.15) is 29.2 Å². The summed E-state index contributed by atoms with van der Waals surface area (Å²) in [5.41, 5.74) is 5.10. The molecular weight excluding hydrogens is 617 g/mol. The van der Waals surface area contributed by atoms with Crippen LogP contribution in [0.15, 0.2) is 60.7 Å². The van der Waals surface area contributed by atoms with Crippen molar-refractivity contribution in [2.24, 2.45) is 0 Å². The van der Waals surface area contributed by atoms with Crippen LogP contribution in [0.3, 0.4) is 0 Å². The third-order valence-corrected chi connectivity index (χ3v) is 8.83. The number of methoxy groups -OCH3 is 1. The number of piperidine rings is 1. The number of ether oxygens (including phenoxy) is 3. The molecule has 1 saturated heterocycles. The summed E-state index contributed by atoms with van der Waals surface area (Å²) < 4.78 is 32.4. The highest BCUT2D eigenvalue weighted by Crippen LogP contribution is 2.33. The average molecular weight is 656 g/mol. The van der Waals surface area contributed by atoms with Crippen LogP contribution in [0.25, 0.3) is 11.1 Å². The number of H-pyrrole nitrogens is 1. The molecule has 3 N–H and O–H groups in total. The Labute approximate surface area is 277 Å². The highest BCUT2D eigenvalue weighted by Gasteiger charge is 2.34. The highest BCUT2D eigenvalue weighted by atomic mass is 19.1. The van der Waals surface area contributed by atoms with Crippen molar-refractivity contribution in [2.75, 3.05) is 26.8 Å². The summed E-state index contributed by atoms with van der Waals surface area (Å²) in [5, 5.41) is 13.1. The van der Waals surface area contributed by atoms with Crippen molar-refractivity contribution in [3.8, 4) is 28.4 Å². The van der Waals surface area contributed by atoms with Crippen molar-refractivity contribution in [3.05, 3.63) is 94.6 Å². The summed E-state index contributed by atoms with van der Waals surface area (Å²) in [6.45, 7) is 4.33. The zero-order valence-corrected chi connectivity index (χ0v) is 27.1. The van der Waals surface area contributed by atoms with Gasteiger partial charge in [0.25, 0.3) is 11.8 Å². The van der Waals surface area contributed by atoms with Gasteiger partial charge in [-0.05, 0) is 73.0 Å². The lowest BCUT2D eigenvalue weighted by Gasteiger charge is -2.39. The van der Waals surface area contributed by atoms with Crippen LogP contribution >= 0.6 is 0 Å². The fourth-order valence-corrected chi connectivity index (χ4v) is 6.05. The lowest BCUT2D eigenvalue weighted by atomic mass is 9.98. The van der Waals surface area contributed by atoms with Gasteiger partial charge in [0.2, 0.25) is 5.91 Å². The summed E-state index contributed by atoms with van der Waals surface area (Å²) in [6, 6.07) is 15.9. The maximum Gasteiger partial charge on any atom is 0.258 e. The molecule has 0 radical (unpaired) electrons. The van der Waals surface area contributed by atoms with Gasteiger partial charge in [-0.1, -0.05) is 12.1 Å². The van der Waals surface area contributed by atoms with Crippen LogP contribution < -0.4 is 24.8 Å². The number of rotatable bonds is 4. The summed E-state index contributed by atoms with van der Waals surface area (Å²) in [6.07, 6.45) is 0.591. The third kappa shape index (κ3) is 7.43. The van der Waals surface area contributed by atoms with Crippen molar-refractivity contribution in [2.45, 2.75) is 51.8 Å². The van der Waals surface area contributed by atoms with Gasteiger partial charge < -0.3 is 29.7 Å². The van der Waals surface area contributed by atoms with E-state index >= 15 is 0 Å². The molecular formula is C36H38FN5O6. The first-order valence-electron chi connectivity index (χ1n) is 15.9. The van der Waals surface area contributed by atoms with Crippen LogP contribution in [0.1, 0.15) is 45.7 Å². The quantitative estimate of drug-likeness (QED) is 0.299. The summed E-state index contributed by atoms with van der Waals surface area (Å²) in [7, 11) is 1.55. The van der Waals surface area contributed by atoms with Crippen molar-refractivity contribution in [1.29, 1.82) is 0 Å². The Morgan fingerprint density at radius 1 is 1.06 bits per heavy atom. The molecule has 250 valence electrons. The van der Waals surface area contributed by atoms with E-state index in [1.54, 1.807) is 54.5 Å². The number of carbonyl (C=O) groups excluding carboxylic acids is 3. The van der Waals surface area contributed by atoms with E-state index in [0.29, 0.717) is 47.6 Å². The minimum absolute atomic E-state index is 0.0570. The zero-order chi connectivity index (χ0) is 33.8. The normalized spacial score (nSPS) is 18.1. The van der Waals surface area contributed by atoms with Gasteiger partial charge in [-0.15, -0.1) is 0 Å². The number of hydrogen-bond acceptors (Lipinski definition) is 7. The van der Waals surface area contributed by atoms with E-state index in [4.69, 9.17) is 14.2 Å². The van der Waals surface area contributed by atoms with Crippen LogP contribution in [-0.4, -0.2) is 71.8 Å². The first kappa shape index (κ1) is 32.5. The molecule has 1 fully saturated rings. The average Bonchev–Trinajstić information content (AvgIpc) is 3.41. The molecule has 12 heteroatoms. The summed E-state index contributed by atoms with van der Waals surface area (Å²) >= 11 is 0. The molecule has 4 aromatic rings. The second kappa shape index (κ2) is 14.2. The smallest absolute Gasteiger partial charge is 0.258 e. The fourth-order valence-electron chi connectivity index (χ4n) is 6.05. The Morgan fingerprint density at radius 2 is 1.92 bits per heavy atom. The maximum atomic E-state index is 14.7. The van der Waals surface area contributed by atoms with Crippen LogP contribution in [-0.2, 0) is 22.6 Å². The third-order valence-electron chi connectivity index (χ3n) is 8.83. The minimum Gasteiger partial charge on any atom is -0.496 e. The number of halogens is 1. The molecule has 3 aromatic carbocycles. The molecule has 48 heavy (non-hydrogen) atoms. The number of benzene rings is 3. The lowest BCUT2D eigenvalue weighted by molar-refractivity contribution is -0.133. The van der Waals surface area contributed by atoms with Crippen LogP contribution in [0.5, 0.6) is 17.2 Å². The summed E-state index contributed by atoms with van der Waals surface area (Å²) in [4.78, 5) is 41.6. The molecule has 0 unspecified atom stereocenters. The van der Waals surface area contributed by atoms with E-state index in [2.05, 4.69) is 20.8 Å². The molecule has 1 aromatic heterocycles. The number of carbonyl (C=O) groups is 3. The van der Waals surface area contributed by atoms with Crippen molar-refractivity contribution in [3.63, 3.8) is 0 Å². The molecule has 0 aliphatic carbocycles. The van der Waals surface area contributed by atoms with Gasteiger partial charge in [-0.25, -0.2) is 4.39 Å². The van der Waals surface area contributed by atoms with Gasteiger partial charge in [-0.2, -0.15) is 5.10 Å². The Hall–Kier alpha value is -5.39. The highest BCUT2D eigenvalue weighted by molar-refractivity contribution is 5.96. The van der Waals surface area contributed by atoms with Crippen molar-refractivity contribution < 1.29 is 33.0 Å². The number of hydrogen-bond donors (Lipinski definition) is 3. The number of likely N-dealkylation sites (tertiary alicyclic amines) is 1. The molecule has 3 amide bonds. The predicted molar refractivity (Wildman–Crippen MR) is 175 cm³/mol. The molecule has 6 rings (SSSR count). The number of aromatic amines is 1. The number of nitrogens with zero attached hydrogens (tertiary/aromatic N) is 2. The van der Waals surface area contributed by atoms with E-state index in [1.807, 2.05) is 19.9 Å². The van der Waals surface area contributed by atoms with E-state index in [9.17, 15) is 18.8 Å². The fraction of sp³-hybridized carbons (Fsp3) is 0.333. The largest absolute Gasteiger partial charge is 0.496 e. The van der Waals surface area contributed by atoms with Crippen molar-refractivity contribution in [1.82, 2.24) is 25.7 Å². The Morgan fingerprint density at radius 3 is 2.71 bits per heavy atom. The van der Waals surface area contributed by atoms with Gasteiger partial charge in [0.15, 0.2) is 6.61 Å².